The van der Waals surface area contributed by atoms with Crippen molar-refractivity contribution in [2.24, 2.45) is 0 Å². The van der Waals surface area contributed by atoms with Gasteiger partial charge in [-0.15, -0.1) is 0 Å². The minimum atomic E-state index is -4.55. The molecule has 3 aromatic rings. The van der Waals surface area contributed by atoms with Crippen molar-refractivity contribution in [3.8, 4) is 5.69 Å². The molecule has 0 radical (unpaired) electrons. The summed E-state index contributed by atoms with van der Waals surface area (Å²) >= 11 is 5.92. The Morgan fingerprint density at radius 1 is 1.08 bits per heavy atom. The van der Waals surface area contributed by atoms with Gasteiger partial charge in [-0.3, -0.25) is 4.72 Å². The van der Waals surface area contributed by atoms with Crippen LogP contribution >= 0.6 is 11.6 Å². The van der Waals surface area contributed by atoms with E-state index in [9.17, 15) is 21.6 Å². The average molecular weight is 403 g/mol. The number of alkyl halides is 3. The van der Waals surface area contributed by atoms with Crippen LogP contribution in [0.4, 0.5) is 18.9 Å². The molecule has 0 bridgehead atoms. The first-order valence-corrected chi connectivity index (χ1v) is 8.87. The summed E-state index contributed by atoms with van der Waals surface area (Å²) < 4.78 is 66.5. The van der Waals surface area contributed by atoms with Crippen LogP contribution in [0.2, 0.25) is 5.02 Å². The van der Waals surface area contributed by atoms with Crippen molar-refractivity contribution in [1.82, 2.24) is 14.8 Å². The molecule has 2 aromatic carbocycles. The zero-order chi connectivity index (χ0) is 18.9. The van der Waals surface area contributed by atoms with E-state index in [1.807, 2.05) is 0 Å². The molecule has 0 atom stereocenters. The number of sulfonamides is 1. The second kappa shape index (κ2) is 6.61. The zero-order valence-corrected chi connectivity index (χ0v) is 14.3. The van der Waals surface area contributed by atoms with Crippen molar-refractivity contribution < 1.29 is 21.6 Å². The lowest BCUT2D eigenvalue weighted by Crippen LogP contribution is -2.15. The number of hydrogen-bond donors (Lipinski definition) is 1. The average Bonchev–Trinajstić information content (AvgIpc) is 3.08. The van der Waals surface area contributed by atoms with Crippen LogP contribution in [0.25, 0.3) is 5.69 Å². The highest BCUT2D eigenvalue weighted by Crippen LogP contribution is 2.31. The summed E-state index contributed by atoms with van der Waals surface area (Å²) in [6.07, 6.45) is -1.93. The van der Waals surface area contributed by atoms with E-state index in [0.29, 0.717) is 17.8 Å². The van der Waals surface area contributed by atoms with Gasteiger partial charge < -0.3 is 0 Å². The maximum atomic E-state index is 12.6. The van der Waals surface area contributed by atoms with Crippen molar-refractivity contribution in [1.29, 1.82) is 0 Å². The largest absolute Gasteiger partial charge is 0.416 e. The van der Waals surface area contributed by atoms with Gasteiger partial charge in [0.25, 0.3) is 10.0 Å². The smallest absolute Gasteiger partial charge is 0.277 e. The lowest BCUT2D eigenvalue weighted by atomic mass is 10.2. The number of halogens is 4. The molecule has 1 heterocycles. The van der Waals surface area contributed by atoms with Crippen LogP contribution in [0.15, 0.2) is 60.0 Å². The van der Waals surface area contributed by atoms with E-state index in [2.05, 4.69) is 14.8 Å². The molecule has 1 N–H and O–H groups in total. The van der Waals surface area contributed by atoms with Gasteiger partial charge in [0.05, 0.1) is 21.8 Å². The van der Waals surface area contributed by atoms with Gasteiger partial charge in [0.15, 0.2) is 0 Å². The van der Waals surface area contributed by atoms with Crippen LogP contribution in [0.5, 0.6) is 0 Å². The number of benzene rings is 2. The topological polar surface area (TPSA) is 76.9 Å². The monoisotopic (exact) mass is 402 g/mol. The molecule has 0 amide bonds. The molecule has 0 spiro atoms. The highest BCUT2D eigenvalue weighted by atomic mass is 35.5. The molecular weight excluding hydrogens is 393 g/mol. The summed E-state index contributed by atoms with van der Waals surface area (Å²) in [5, 5.41) is 4.18. The molecule has 0 aliphatic heterocycles. The molecule has 11 heteroatoms. The standard InChI is InChI=1S/C15H10ClF3N4O2S/c16-11-3-6-14(23-9-20-8-21-23)13(7-11)22-26(24,25)12-4-1-10(2-5-12)15(17,18)19/h1-9,22H. The van der Waals surface area contributed by atoms with Crippen molar-refractivity contribution >= 4 is 27.3 Å². The van der Waals surface area contributed by atoms with Crippen molar-refractivity contribution in [3.05, 3.63) is 65.7 Å². The second-order valence-corrected chi connectivity index (χ2v) is 7.25. The Hall–Kier alpha value is -2.59. The number of nitrogens with zero attached hydrogens (tertiary/aromatic N) is 3. The summed E-state index contributed by atoms with van der Waals surface area (Å²) in [6.45, 7) is 0. The summed E-state index contributed by atoms with van der Waals surface area (Å²) in [7, 11) is -4.14. The van der Waals surface area contributed by atoms with E-state index in [1.165, 1.54) is 35.5 Å². The van der Waals surface area contributed by atoms with Gasteiger partial charge in [-0.05, 0) is 42.5 Å². The molecule has 0 saturated heterocycles. The Bertz CT molecular complexity index is 1020. The third-order valence-corrected chi connectivity index (χ3v) is 4.98. The Morgan fingerprint density at radius 3 is 2.35 bits per heavy atom. The zero-order valence-electron chi connectivity index (χ0n) is 12.8. The molecule has 26 heavy (non-hydrogen) atoms. The van der Waals surface area contributed by atoms with Crippen LogP contribution in [0.3, 0.4) is 0 Å². The first kappa shape index (κ1) is 18.2. The molecule has 0 fully saturated rings. The van der Waals surface area contributed by atoms with Crippen LogP contribution in [0, 0.1) is 0 Å². The Kier molecular flexibility index (Phi) is 4.63. The quantitative estimate of drug-likeness (QED) is 0.721. The lowest BCUT2D eigenvalue weighted by molar-refractivity contribution is -0.137. The van der Waals surface area contributed by atoms with Crippen molar-refractivity contribution in [3.63, 3.8) is 0 Å². The van der Waals surface area contributed by atoms with Gasteiger partial charge in [-0.2, -0.15) is 18.3 Å². The SMILES string of the molecule is O=S(=O)(Nc1cc(Cl)ccc1-n1cncn1)c1ccc(C(F)(F)F)cc1. The summed E-state index contributed by atoms with van der Waals surface area (Å²) in [4.78, 5) is 3.46. The van der Waals surface area contributed by atoms with Crippen LogP contribution < -0.4 is 4.72 Å². The Labute approximate surface area is 151 Å². The van der Waals surface area contributed by atoms with Gasteiger partial charge >= 0.3 is 6.18 Å². The highest BCUT2D eigenvalue weighted by Gasteiger charge is 2.30. The third-order valence-electron chi connectivity index (χ3n) is 3.36. The second-order valence-electron chi connectivity index (χ2n) is 5.13. The van der Waals surface area contributed by atoms with E-state index < -0.39 is 21.8 Å². The molecule has 3 rings (SSSR count). The number of rotatable bonds is 4. The minimum Gasteiger partial charge on any atom is -0.277 e. The van der Waals surface area contributed by atoms with E-state index in [4.69, 9.17) is 11.6 Å². The predicted octanol–water partition coefficient (Wildman–Crippen LogP) is 3.74. The van der Waals surface area contributed by atoms with Gasteiger partial charge in [0, 0.05) is 5.02 Å². The molecular formula is C15H10ClF3N4O2S. The summed E-state index contributed by atoms with van der Waals surface area (Å²) in [5.74, 6) is 0. The normalized spacial score (nSPS) is 12.2. The molecule has 136 valence electrons. The Balaban J connectivity index is 1.97. The molecule has 0 aliphatic rings. The molecule has 1 aromatic heterocycles. The number of nitrogens with one attached hydrogen (secondary N) is 1. The molecule has 0 unspecified atom stereocenters. The lowest BCUT2D eigenvalue weighted by Gasteiger charge is -2.13. The van der Waals surface area contributed by atoms with Gasteiger partial charge in [0.2, 0.25) is 0 Å². The number of hydrogen-bond acceptors (Lipinski definition) is 4. The molecule has 6 nitrogen and oxygen atoms in total. The fraction of sp³-hybridized carbons (Fsp3) is 0.0667. The predicted molar refractivity (Wildman–Crippen MR) is 88.6 cm³/mol. The van der Waals surface area contributed by atoms with E-state index >= 15 is 0 Å². The fourth-order valence-corrected chi connectivity index (χ4v) is 3.39. The van der Waals surface area contributed by atoms with Gasteiger partial charge in [0.1, 0.15) is 12.7 Å². The van der Waals surface area contributed by atoms with Crippen molar-refractivity contribution in [2.75, 3.05) is 4.72 Å². The molecule has 0 saturated carbocycles. The highest BCUT2D eigenvalue weighted by molar-refractivity contribution is 7.92. The minimum absolute atomic E-state index is 0.0999. The number of aromatic nitrogens is 3. The summed E-state index contributed by atoms with van der Waals surface area (Å²) in [6, 6.07) is 7.59. The Morgan fingerprint density at radius 2 is 1.77 bits per heavy atom. The van der Waals surface area contributed by atoms with E-state index in [1.54, 1.807) is 0 Å². The van der Waals surface area contributed by atoms with E-state index in [-0.39, 0.29) is 15.6 Å². The van der Waals surface area contributed by atoms with Crippen LogP contribution in [-0.2, 0) is 16.2 Å². The number of anilines is 1. The fourth-order valence-electron chi connectivity index (χ4n) is 2.15. The van der Waals surface area contributed by atoms with Gasteiger partial charge in [-0.1, -0.05) is 11.6 Å². The molecule has 0 aliphatic carbocycles. The van der Waals surface area contributed by atoms with Gasteiger partial charge in [-0.25, -0.2) is 18.1 Å². The maximum absolute atomic E-state index is 12.6. The van der Waals surface area contributed by atoms with E-state index in [0.717, 1.165) is 12.1 Å². The third kappa shape index (κ3) is 3.81. The first-order chi connectivity index (χ1) is 12.2. The first-order valence-electron chi connectivity index (χ1n) is 7.01. The van der Waals surface area contributed by atoms with Crippen molar-refractivity contribution in [2.45, 2.75) is 11.1 Å². The van der Waals surface area contributed by atoms with Crippen LogP contribution in [-0.4, -0.2) is 23.2 Å². The van der Waals surface area contributed by atoms with Crippen LogP contribution in [0.1, 0.15) is 5.56 Å². The summed E-state index contributed by atoms with van der Waals surface area (Å²) in [5.41, 5.74) is -0.493. The maximum Gasteiger partial charge on any atom is 0.416 e.